The van der Waals surface area contributed by atoms with Crippen molar-refractivity contribution in [1.82, 2.24) is 20.1 Å². The summed E-state index contributed by atoms with van der Waals surface area (Å²) < 4.78 is 1.19. The second-order valence-corrected chi connectivity index (χ2v) is 9.98. The maximum atomic E-state index is 13.3. The van der Waals surface area contributed by atoms with E-state index in [0.29, 0.717) is 12.6 Å². The number of piperidine rings is 1. The van der Waals surface area contributed by atoms with Gasteiger partial charge in [-0.25, -0.2) is 14.7 Å². The Kier molecular flexibility index (Phi) is 4.82. The number of para-hydroxylation sites is 1. The molecule has 3 fully saturated rings. The van der Waals surface area contributed by atoms with E-state index in [9.17, 15) is 9.59 Å². The van der Waals surface area contributed by atoms with Crippen molar-refractivity contribution in [2.75, 3.05) is 13.2 Å². The highest BCUT2D eigenvalue weighted by Crippen LogP contribution is 2.39. The predicted molar refractivity (Wildman–Crippen MR) is 114 cm³/mol. The van der Waals surface area contributed by atoms with Gasteiger partial charge in [0, 0.05) is 6.54 Å². The van der Waals surface area contributed by atoms with Crippen LogP contribution in [0.1, 0.15) is 62.9 Å². The van der Waals surface area contributed by atoms with Crippen LogP contribution in [0.5, 0.6) is 0 Å². The highest BCUT2D eigenvalue weighted by Gasteiger charge is 2.52. The van der Waals surface area contributed by atoms with Crippen LogP contribution in [0.25, 0.3) is 10.2 Å². The number of hydrogen-bond acceptors (Lipinski definition) is 5. The molecule has 1 saturated carbocycles. The van der Waals surface area contributed by atoms with Crippen LogP contribution >= 0.6 is 11.3 Å². The fraction of sp³-hybridized carbons (Fsp3) is 0.591. The maximum Gasteiger partial charge on any atom is 0.326 e. The molecule has 2 saturated heterocycles. The zero-order valence-corrected chi connectivity index (χ0v) is 17.7. The number of aromatic nitrogens is 1. The summed E-state index contributed by atoms with van der Waals surface area (Å²) in [5, 5.41) is 4.15. The van der Waals surface area contributed by atoms with E-state index in [1.54, 1.807) is 11.3 Å². The van der Waals surface area contributed by atoms with Crippen LogP contribution in [-0.4, -0.2) is 45.5 Å². The van der Waals surface area contributed by atoms with Gasteiger partial charge < -0.3 is 5.32 Å². The van der Waals surface area contributed by atoms with E-state index in [2.05, 4.69) is 23.2 Å². The van der Waals surface area contributed by atoms with Crippen LogP contribution < -0.4 is 5.32 Å². The number of nitrogens with one attached hydrogen (secondary N) is 1. The SMILES string of the molecule is CC1CCC2(CC1)NC(=O)N(CN1CCCC[C@H]1c1nc3ccccc3s1)C2=O. The Hall–Kier alpha value is -1.99. The summed E-state index contributed by atoms with van der Waals surface area (Å²) in [6.45, 7) is 3.48. The standard InChI is InChI=1S/C22H28N4O2S/c1-15-9-11-22(12-10-15)20(27)26(21(28)24-22)14-25-13-5-4-7-17(25)19-23-16-6-2-3-8-18(16)29-19/h2-3,6,8,15,17H,4-5,7,9-14H2,1H3,(H,24,28)/t15?,17-,22?/m0/s1. The first-order valence-electron chi connectivity index (χ1n) is 10.8. The highest BCUT2D eigenvalue weighted by atomic mass is 32.1. The molecule has 7 heteroatoms. The smallest absolute Gasteiger partial charge is 0.323 e. The zero-order valence-electron chi connectivity index (χ0n) is 16.9. The Morgan fingerprint density at radius 3 is 2.76 bits per heavy atom. The second-order valence-electron chi connectivity index (χ2n) is 8.91. The number of nitrogens with zero attached hydrogens (tertiary/aromatic N) is 3. The van der Waals surface area contributed by atoms with E-state index in [1.165, 1.54) is 9.60 Å². The van der Waals surface area contributed by atoms with Gasteiger partial charge >= 0.3 is 6.03 Å². The molecule has 2 aliphatic heterocycles. The summed E-state index contributed by atoms with van der Waals surface area (Å²) in [5.41, 5.74) is 0.369. The molecule has 0 radical (unpaired) electrons. The molecule has 3 aliphatic rings. The zero-order chi connectivity index (χ0) is 20.0. The third-order valence-electron chi connectivity index (χ3n) is 6.91. The van der Waals surface area contributed by atoms with E-state index in [0.717, 1.165) is 62.0 Å². The summed E-state index contributed by atoms with van der Waals surface area (Å²) >= 11 is 1.73. The molecule has 154 valence electrons. The van der Waals surface area contributed by atoms with Crippen molar-refractivity contribution in [2.24, 2.45) is 5.92 Å². The molecule has 1 spiro atoms. The lowest BCUT2D eigenvalue weighted by Gasteiger charge is -2.37. The number of imide groups is 1. The summed E-state index contributed by atoms with van der Waals surface area (Å²) in [5.74, 6) is 0.605. The number of fused-ring (bicyclic) bond motifs is 1. The second kappa shape index (κ2) is 7.36. The molecule has 1 aromatic heterocycles. The molecular weight excluding hydrogens is 384 g/mol. The molecule has 3 amide bonds. The van der Waals surface area contributed by atoms with Gasteiger partial charge in [-0.1, -0.05) is 25.5 Å². The van der Waals surface area contributed by atoms with Crippen LogP contribution in [0.15, 0.2) is 24.3 Å². The summed E-state index contributed by atoms with van der Waals surface area (Å²) in [6, 6.07) is 8.16. The van der Waals surface area contributed by atoms with Gasteiger partial charge in [0.15, 0.2) is 0 Å². The Labute approximate surface area is 175 Å². The Bertz CT molecular complexity index is 901. The first-order chi connectivity index (χ1) is 14.1. The van der Waals surface area contributed by atoms with Crippen LogP contribution in [0.3, 0.4) is 0 Å². The summed E-state index contributed by atoms with van der Waals surface area (Å²) in [6.07, 6.45) is 6.78. The van der Waals surface area contributed by atoms with Crippen LogP contribution in [-0.2, 0) is 4.79 Å². The fourth-order valence-corrected chi connectivity index (χ4v) is 6.19. The minimum atomic E-state index is -0.662. The lowest BCUT2D eigenvalue weighted by molar-refractivity contribution is -0.134. The molecule has 5 rings (SSSR count). The Balaban J connectivity index is 1.36. The first kappa shape index (κ1) is 19.0. The molecule has 0 unspecified atom stereocenters. The number of carbonyl (C=O) groups excluding carboxylic acids is 2. The first-order valence-corrected chi connectivity index (χ1v) is 11.6. The minimum absolute atomic E-state index is 0.0250. The lowest BCUT2D eigenvalue weighted by atomic mass is 9.77. The molecule has 3 heterocycles. The van der Waals surface area contributed by atoms with E-state index < -0.39 is 5.54 Å². The van der Waals surface area contributed by atoms with E-state index in [-0.39, 0.29) is 18.0 Å². The van der Waals surface area contributed by atoms with Gasteiger partial charge in [0.2, 0.25) is 0 Å². The summed E-state index contributed by atoms with van der Waals surface area (Å²) in [7, 11) is 0. The van der Waals surface area contributed by atoms with Crippen molar-refractivity contribution >= 4 is 33.5 Å². The van der Waals surface area contributed by atoms with Gasteiger partial charge in [-0.2, -0.15) is 0 Å². The predicted octanol–water partition coefficient (Wildman–Crippen LogP) is 4.28. The van der Waals surface area contributed by atoms with Crippen molar-refractivity contribution in [3.63, 3.8) is 0 Å². The van der Waals surface area contributed by atoms with Gasteiger partial charge in [0.1, 0.15) is 10.5 Å². The van der Waals surface area contributed by atoms with Crippen molar-refractivity contribution < 1.29 is 9.59 Å². The number of rotatable bonds is 3. The van der Waals surface area contributed by atoms with Gasteiger partial charge in [-0.3, -0.25) is 9.69 Å². The van der Waals surface area contributed by atoms with Gasteiger partial charge in [-0.15, -0.1) is 11.3 Å². The number of benzene rings is 1. The van der Waals surface area contributed by atoms with Crippen molar-refractivity contribution in [2.45, 2.75) is 63.5 Å². The topological polar surface area (TPSA) is 65.5 Å². The molecule has 6 nitrogen and oxygen atoms in total. The molecule has 2 aromatic rings. The fourth-order valence-electron chi connectivity index (χ4n) is 5.05. The normalized spacial score (nSPS) is 31.0. The number of likely N-dealkylation sites (tertiary alicyclic amines) is 1. The quantitative estimate of drug-likeness (QED) is 0.764. The third kappa shape index (κ3) is 3.34. The Morgan fingerprint density at radius 2 is 1.97 bits per heavy atom. The molecule has 1 atom stereocenters. The van der Waals surface area contributed by atoms with E-state index in [1.807, 2.05) is 18.2 Å². The lowest BCUT2D eigenvalue weighted by Crippen LogP contribution is -2.50. The van der Waals surface area contributed by atoms with Crippen LogP contribution in [0, 0.1) is 5.92 Å². The minimum Gasteiger partial charge on any atom is -0.323 e. The molecule has 1 aromatic carbocycles. The molecule has 1 N–H and O–H groups in total. The molecule has 1 aliphatic carbocycles. The average Bonchev–Trinajstić information content (AvgIpc) is 3.26. The van der Waals surface area contributed by atoms with Crippen LogP contribution in [0.2, 0.25) is 0 Å². The van der Waals surface area contributed by atoms with Crippen LogP contribution in [0.4, 0.5) is 4.79 Å². The van der Waals surface area contributed by atoms with Gasteiger partial charge in [0.25, 0.3) is 5.91 Å². The number of carbonyl (C=O) groups is 2. The van der Waals surface area contributed by atoms with Crippen molar-refractivity contribution in [3.8, 4) is 0 Å². The number of amides is 3. The van der Waals surface area contributed by atoms with Crippen molar-refractivity contribution in [3.05, 3.63) is 29.3 Å². The van der Waals surface area contributed by atoms with Gasteiger partial charge in [0.05, 0.1) is 22.9 Å². The third-order valence-corrected chi connectivity index (χ3v) is 8.04. The Morgan fingerprint density at radius 1 is 1.17 bits per heavy atom. The van der Waals surface area contributed by atoms with E-state index >= 15 is 0 Å². The average molecular weight is 413 g/mol. The molecule has 29 heavy (non-hydrogen) atoms. The van der Waals surface area contributed by atoms with Crippen molar-refractivity contribution in [1.29, 1.82) is 0 Å². The summed E-state index contributed by atoms with van der Waals surface area (Å²) in [4.78, 5) is 34.6. The number of urea groups is 1. The monoisotopic (exact) mass is 412 g/mol. The molecular formula is C22H28N4O2S. The molecule has 0 bridgehead atoms. The largest absolute Gasteiger partial charge is 0.326 e. The number of thiazole rings is 1. The highest BCUT2D eigenvalue weighted by molar-refractivity contribution is 7.18. The van der Waals surface area contributed by atoms with E-state index in [4.69, 9.17) is 4.98 Å². The van der Waals surface area contributed by atoms with Gasteiger partial charge in [-0.05, 0) is 56.6 Å². The maximum absolute atomic E-state index is 13.3. The number of hydrogen-bond donors (Lipinski definition) is 1.